The van der Waals surface area contributed by atoms with Crippen LogP contribution in [0.5, 0.6) is 0 Å². The van der Waals surface area contributed by atoms with Crippen LogP contribution in [0.1, 0.15) is 12.8 Å². The van der Waals surface area contributed by atoms with Gasteiger partial charge in [-0.05, 0) is 0 Å². The van der Waals surface area contributed by atoms with Crippen LogP contribution in [0.25, 0.3) is 0 Å². The molecule has 0 radical (unpaired) electrons. The quantitative estimate of drug-likeness (QED) is 0.463. The van der Waals surface area contributed by atoms with Gasteiger partial charge in [0.25, 0.3) is 0 Å². The number of carbonyl (C=O) groups is 2. The Kier molecular flexibility index (Phi) is 2.99. The third kappa shape index (κ3) is 1.92. The van der Waals surface area contributed by atoms with Crippen molar-refractivity contribution in [1.82, 2.24) is 4.90 Å². The van der Waals surface area contributed by atoms with Gasteiger partial charge in [0.1, 0.15) is 0 Å². The molecule has 0 spiro atoms. The molecule has 1 fully saturated rings. The van der Waals surface area contributed by atoms with E-state index in [2.05, 4.69) is 0 Å². The molecular formula is C8H12N2O2. The molecule has 1 rings (SSSR count). The minimum atomic E-state index is -0.0818. The maximum Gasteiger partial charge on any atom is 0.229 e. The molecule has 0 saturated carbocycles. The minimum Gasteiger partial charge on any atom is -0.327 e. The Bertz CT molecular complexity index is 207. The van der Waals surface area contributed by atoms with Crippen LogP contribution in [0, 0.1) is 0 Å². The van der Waals surface area contributed by atoms with Gasteiger partial charge in [0.15, 0.2) is 0 Å². The first-order valence-electron chi connectivity index (χ1n) is 3.94. The smallest absolute Gasteiger partial charge is 0.229 e. The predicted octanol–water partition coefficient (Wildman–Crippen LogP) is -0.350. The van der Waals surface area contributed by atoms with E-state index in [1.54, 1.807) is 12.2 Å². The molecule has 0 atom stereocenters. The number of likely N-dealkylation sites (tertiary alicyclic amines) is 1. The molecule has 0 unspecified atom stereocenters. The fraction of sp³-hybridized carbons (Fsp3) is 0.500. The summed E-state index contributed by atoms with van der Waals surface area (Å²) in [7, 11) is 0. The topological polar surface area (TPSA) is 63.4 Å². The lowest BCUT2D eigenvalue weighted by Gasteiger charge is -2.09. The highest BCUT2D eigenvalue weighted by molar-refractivity contribution is 6.02. The summed E-state index contributed by atoms with van der Waals surface area (Å²) in [4.78, 5) is 23.3. The van der Waals surface area contributed by atoms with Crippen LogP contribution in [0.15, 0.2) is 12.2 Å². The monoisotopic (exact) mass is 168 g/mol. The van der Waals surface area contributed by atoms with Crippen molar-refractivity contribution in [2.24, 2.45) is 5.73 Å². The van der Waals surface area contributed by atoms with E-state index in [1.807, 2.05) is 0 Å². The molecule has 66 valence electrons. The minimum absolute atomic E-state index is 0.0818. The Balaban J connectivity index is 2.45. The normalized spacial score (nSPS) is 18.2. The number of hydrogen-bond acceptors (Lipinski definition) is 3. The standard InChI is InChI=1S/C8H12N2O2/c9-5-1-2-6-10-7(11)3-4-8(10)12/h1-2H,3-6,9H2/b2-1+. The van der Waals surface area contributed by atoms with Crippen molar-refractivity contribution in [1.29, 1.82) is 0 Å². The summed E-state index contributed by atoms with van der Waals surface area (Å²) in [6, 6.07) is 0. The van der Waals surface area contributed by atoms with Crippen molar-refractivity contribution in [3.05, 3.63) is 12.2 Å². The van der Waals surface area contributed by atoms with Crippen molar-refractivity contribution in [2.45, 2.75) is 12.8 Å². The van der Waals surface area contributed by atoms with E-state index in [0.717, 1.165) is 0 Å². The van der Waals surface area contributed by atoms with Crippen LogP contribution in [-0.2, 0) is 9.59 Å². The number of hydrogen-bond donors (Lipinski definition) is 1. The summed E-state index contributed by atoms with van der Waals surface area (Å²) in [6.07, 6.45) is 4.19. The van der Waals surface area contributed by atoms with E-state index in [4.69, 9.17) is 5.73 Å². The molecule has 2 N–H and O–H groups in total. The summed E-state index contributed by atoms with van der Waals surface area (Å²) in [6.45, 7) is 0.811. The molecule has 1 aliphatic rings. The lowest BCUT2D eigenvalue weighted by atomic mass is 10.4. The van der Waals surface area contributed by atoms with Crippen molar-refractivity contribution in [3.8, 4) is 0 Å². The first-order chi connectivity index (χ1) is 5.75. The first kappa shape index (κ1) is 8.93. The second kappa shape index (κ2) is 4.01. The van der Waals surface area contributed by atoms with Crippen LogP contribution in [0.4, 0.5) is 0 Å². The SMILES string of the molecule is NC/C=C/CN1C(=O)CCC1=O. The third-order valence-corrected chi connectivity index (χ3v) is 1.75. The van der Waals surface area contributed by atoms with Gasteiger partial charge in [-0.2, -0.15) is 0 Å². The Morgan fingerprint density at radius 2 is 1.83 bits per heavy atom. The maximum absolute atomic E-state index is 11.0. The van der Waals surface area contributed by atoms with E-state index >= 15 is 0 Å². The largest absolute Gasteiger partial charge is 0.327 e. The summed E-state index contributed by atoms with van der Waals surface area (Å²) in [5.74, 6) is -0.164. The zero-order chi connectivity index (χ0) is 8.97. The molecule has 1 saturated heterocycles. The van der Waals surface area contributed by atoms with Crippen LogP contribution in [-0.4, -0.2) is 29.8 Å². The van der Waals surface area contributed by atoms with E-state index in [1.165, 1.54) is 4.90 Å². The van der Waals surface area contributed by atoms with Gasteiger partial charge in [0.05, 0.1) is 0 Å². The van der Waals surface area contributed by atoms with Crippen molar-refractivity contribution in [3.63, 3.8) is 0 Å². The molecule has 2 amide bonds. The van der Waals surface area contributed by atoms with Gasteiger partial charge in [-0.3, -0.25) is 14.5 Å². The lowest BCUT2D eigenvalue weighted by molar-refractivity contribution is -0.137. The molecule has 1 aliphatic heterocycles. The van der Waals surface area contributed by atoms with E-state index in [0.29, 0.717) is 25.9 Å². The van der Waals surface area contributed by atoms with Crippen molar-refractivity contribution < 1.29 is 9.59 Å². The molecule has 12 heavy (non-hydrogen) atoms. The van der Waals surface area contributed by atoms with Gasteiger partial charge < -0.3 is 5.73 Å². The number of nitrogens with two attached hydrogens (primary N) is 1. The molecule has 4 nitrogen and oxygen atoms in total. The molecule has 0 bridgehead atoms. The second-order valence-electron chi connectivity index (χ2n) is 2.61. The highest BCUT2D eigenvalue weighted by Crippen LogP contribution is 2.10. The average Bonchev–Trinajstić information content (AvgIpc) is 2.35. The molecule has 0 aromatic rings. The van der Waals surface area contributed by atoms with Gasteiger partial charge >= 0.3 is 0 Å². The van der Waals surface area contributed by atoms with Crippen molar-refractivity contribution in [2.75, 3.05) is 13.1 Å². The first-order valence-corrected chi connectivity index (χ1v) is 3.94. The summed E-state index contributed by atoms with van der Waals surface area (Å²) in [5.41, 5.74) is 5.21. The molecule has 0 aromatic carbocycles. The Labute approximate surface area is 71.0 Å². The van der Waals surface area contributed by atoms with Crippen molar-refractivity contribution >= 4 is 11.8 Å². The molecule has 4 heteroatoms. The highest BCUT2D eigenvalue weighted by Gasteiger charge is 2.27. The molecular weight excluding hydrogens is 156 g/mol. The number of imide groups is 1. The lowest BCUT2D eigenvalue weighted by Crippen LogP contribution is -2.29. The zero-order valence-corrected chi connectivity index (χ0v) is 6.82. The second-order valence-corrected chi connectivity index (χ2v) is 2.61. The Morgan fingerprint density at radius 3 is 2.33 bits per heavy atom. The fourth-order valence-corrected chi connectivity index (χ4v) is 1.10. The highest BCUT2D eigenvalue weighted by atomic mass is 16.2. The van der Waals surface area contributed by atoms with E-state index < -0.39 is 0 Å². The van der Waals surface area contributed by atoms with Crippen LogP contribution in [0.2, 0.25) is 0 Å². The molecule has 0 aromatic heterocycles. The molecule has 0 aliphatic carbocycles. The average molecular weight is 168 g/mol. The van der Waals surface area contributed by atoms with Gasteiger partial charge in [-0.15, -0.1) is 0 Å². The van der Waals surface area contributed by atoms with Gasteiger partial charge in [0.2, 0.25) is 11.8 Å². The maximum atomic E-state index is 11.0. The Hall–Kier alpha value is -1.16. The van der Waals surface area contributed by atoms with Crippen LogP contribution < -0.4 is 5.73 Å². The number of carbonyl (C=O) groups excluding carboxylic acids is 2. The van der Waals surface area contributed by atoms with Gasteiger partial charge in [0, 0.05) is 25.9 Å². The van der Waals surface area contributed by atoms with Gasteiger partial charge in [-0.1, -0.05) is 12.2 Å². The van der Waals surface area contributed by atoms with Crippen LogP contribution >= 0.6 is 0 Å². The summed E-state index contributed by atoms with van der Waals surface area (Å²) < 4.78 is 0. The number of rotatable bonds is 3. The number of amides is 2. The molecule has 1 heterocycles. The van der Waals surface area contributed by atoms with E-state index in [9.17, 15) is 9.59 Å². The number of nitrogens with zero attached hydrogens (tertiary/aromatic N) is 1. The summed E-state index contributed by atoms with van der Waals surface area (Å²) in [5, 5.41) is 0. The zero-order valence-electron chi connectivity index (χ0n) is 6.82. The van der Waals surface area contributed by atoms with Crippen LogP contribution in [0.3, 0.4) is 0 Å². The third-order valence-electron chi connectivity index (χ3n) is 1.75. The van der Waals surface area contributed by atoms with Gasteiger partial charge in [-0.25, -0.2) is 0 Å². The predicted molar refractivity (Wildman–Crippen MR) is 44.1 cm³/mol. The fourth-order valence-electron chi connectivity index (χ4n) is 1.10. The van der Waals surface area contributed by atoms with E-state index in [-0.39, 0.29) is 11.8 Å². The Morgan fingerprint density at radius 1 is 1.25 bits per heavy atom. The summed E-state index contributed by atoms with van der Waals surface area (Å²) >= 11 is 0.